The van der Waals surface area contributed by atoms with Gasteiger partial charge in [0.1, 0.15) is 0 Å². The fraction of sp³-hybridized carbons (Fsp3) is 0.550. The molecule has 2 rings (SSSR count). The first-order chi connectivity index (χ1) is 13.4. The van der Waals surface area contributed by atoms with Crippen LogP contribution in [0.1, 0.15) is 39.5 Å². The van der Waals surface area contributed by atoms with Crippen molar-refractivity contribution < 1.29 is 19.1 Å². The van der Waals surface area contributed by atoms with Crippen molar-refractivity contribution in [3.8, 4) is 0 Å². The molecule has 1 aliphatic rings. The van der Waals surface area contributed by atoms with Gasteiger partial charge in [-0.25, -0.2) is 4.79 Å². The summed E-state index contributed by atoms with van der Waals surface area (Å²) in [4.78, 5) is 37.7. The van der Waals surface area contributed by atoms with Crippen molar-refractivity contribution in [2.24, 2.45) is 5.92 Å². The molecule has 1 aromatic rings. The van der Waals surface area contributed by atoms with Crippen molar-refractivity contribution in [3.63, 3.8) is 0 Å². The Morgan fingerprint density at radius 3 is 2.36 bits per heavy atom. The summed E-state index contributed by atoms with van der Waals surface area (Å²) < 4.78 is 4.99. The summed E-state index contributed by atoms with van der Waals surface area (Å²) in [5.41, 5.74) is 0.680. The highest BCUT2D eigenvalue weighted by molar-refractivity contribution is 6.30. The van der Waals surface area contributed by atoms with Gasteiger partial charge in [0, 0.05) is 42.7 Å². The molecule has 0 saturated carbocycles. The second kappa shape index (κ2) is 10.9. The van der Waals surface area contributed by atoms with Crippen LogP contribution in [0.4, 0.5) is 10.5 Å². The minimum Gasteiger partial charge on any atom is -0.450 e. The van der Waals surface area contributed by atoms with Crippen LogP contribution in [-0.4, -0.2) is 48.5 Å². The van der Waals surface area contributed by atoms with Crippen LogP contribution in [0.3, 0.4) is 0 Å². The lowest BCUT2D eigenvalue weighted by Crippen LogP contribution is -2.46. The van der Waals surface area contributed by atoms with Gasteiger partial charge in [-0.05, 0) is 49.9 Å². The number of nitrogens with one attached hydrogen (secondary N) is 2. The van der Waals surface area contributed by atoms with E-state index in [1.54, 1.807) is 36.1 Å². The number of halogens is 1. The topological polar surface area (TPSA) is 87.7 Å². The molecule has 0 unspecified atom stereocenters. The highest BCUT2D eigenvalue weighted by Crippen LogP contribution is 2.16. The summed E-state index contributed by atoms with van der Waals surface area (Å²) in [6.45, 7) is 5.16. The van der Waals surface area contributed by atoms with Crippen molar-refractivity contribution in [3.05, 3.63) is 29.3 Å². The Morgan fingerprint density at radius 1 is 1.14 bits per heavy atom. The summed E-state index contributed by atoms with van der Waals surface area (Å²) >= 11 is 5.82. The zero-order valence-corrected chi connectivity index (χ0v) is 17.1. The zero-order chi connectivity index (χ0) is 20.5. The molecule has 1 atom stereocenters. The minimum absolute atomic E-state index is 0.0493. The zero-order valence-electron chi connectivity index (χ0n) is 16.4. The number of anilines is 1. The largest absolute Gasteiger partial charge is 0.450 e. The van der Waals surface area contributed by atoms with Gasteiger partial charge in [0.2, 0.25) is 11.8 Å². The second-order valence-electron chi connectivity index (χ2n) is 7.10. The number of nitrogens with zero attached hydrogens (tertiary/aromatic N) is 1. The van der Waals surface area contributed by atoms with Gasteiger partial charge < -0.3 is 20.3 Å². The monoisotopic (exact) mass is 409 g/mol. The molecule has 154 valence electrons. The third-order valence-corrected chi connectivity index (χ3v) is 4.83. The molecule has 0 aromatic heterocycles. The van der Waals surface area contributed by atoms with Crippen molar-refractivity contribution in [2.45, 2.75) is 45.6 Å². The maximum Gasteiger partial charge on any atom is 0.409 e. The third-order valence-electron chi connectivity index (χ3n) is 4.58. The molecular formula is C20H28ClN3O4. The molecule has 7 nitrogen and oxygen atoms in total. The Bertz CT molecular complexity index is 673. The summed E-state index contributed by atoms with van der Waals surface area (Å²) in [6, 6.07) is 6.94. The molecule has 1 aliphatic heterocycles. The summed E-state index contributed by atoms with van der Waals surface area (Å²) in [5, 5.41) is 6.42. The molecule has 1 heterocycles. The number of ether oxygens (including phenoxy) is 1. The van der Waals surface area contributed by atoms with Gasteiger partial charge in [-0.15, -0.1) is 0 Å². The summed E-state index contributed by atoms with van der Waals surface area (Å²) in [7, 11) is 0. The Hall–Kier alpha value is -2.28. The number of hydrogen-bond donors (Lipinski definition) is 2. The van der Waals surface area contributed by atoms with Crippen molar-refractivity contribution in [1.82, 2.24) is 10.2 Å². The molecule has 3 amide bonds. The summed E-state index contributed by atoms with van der Waals surface area (Å²) in [5.74, 6) is -0.279. The lowest BCUT2D eigenvalue weighted by Gasteiger charge is -2.31. The van der Waals surface area contributed by atoms with E-state index in [-0.39, 0.29) is 42.7 Å². The molecule has 0 bridgehead atoms. The lowest BCUT2D eigenvalue weighted by atomic mass is 10.0. The number of hydrogen-bond acceptors (Lipinski definition) is 4. The van der Waals surface area contributed by atoms with Gasteiger partial charge in [0.05, 0.1) is 6.61 Å². The average Bonchev–Trinajstić information content (AvgIpc) is 2.64. The Kier molecular flexibility index (Phi) is 8.57. The van der Waals surface area contributed by atoms with Crippen molar-refractivity contribution in [1.29, 1.82) is 0 Å². The van der Waals surface area contributed by atoms with E-state index in [2.05, 4.69) is 10.6 Å². The summed E-state index contributed by atoms with van der Waals surface area (Å²) in [6.07, 6.45) is 1.66. The van der Waals surface area contributed by atoms with Gasteiger partial charge in [-0.3, -0.25) is 9.59 Å². The highest BCUT2D eigenvalue weighted by atomic mass is 35.5. The van der Waals surface area contributed by atoms with Crippen LogP contribution in [-0.2, 0) is 14.3 Å². The molecular weight excluding hydrogens is 382 g/mol. The van der Waals surface area contributed by atoms with E-state index in [4.69, 9.17) is 16.3 Å². The first-order valence-corrected chi connectivity index (χ1v) is 10.0. The van der Waals surface area contributed by atoms with Gasteiger partial charge in [0.25, 0.3) is 0 Å². The normalized spacial score (nSPS) is 15.6. The second-order valence-corrected chi connectivity index (χ2v) is 7.53. The van der Waals surface area contributed by atoms with E-state index in [1.165, 1.54) is 0 Å². The maximum absolute atomic E-state index is 12.3. The number of carbonyl (C=O) groups is 3. The first-order valence-electron chi connectivity index (χ1n) is 9.63. The van der Waals surface area contributed by atoms with Crippen LogP contribution in [0.25, 0.3) is 0 Å². The van der Waals surface area contributed by atoms with Crippen molar-refractivity contribution in [2.75, 3.05) is 25.0 Å². The number of likely N-dealkylation sites (tertiary alicyclic amines) is 1. The molecule has 1 saturated heterocycles. The SMILES string of the molecule is CCOC(=O)N1CCC(NC(=O)C[C@@H](C)CC(=O)Nc2ccc(Cl)cc2)CC1. The van der Waals surface area contributed by atoms with E-state index in [0.29, 0.717) is 43.2 Å². The molecule has 1 aromatic carbocycles. The van der Waals surface area contributed by atoms with Gasteiger partial charge in [0.15, 0.2) is 0 Å². The molecule has 0 aliphatic carbocycles. The standard InChI is InChI=1S/C20H28ClN3O4/c1-3-28-20(27)24-10-8-17(9-11-24)23-19(26)13-14(2)12-18(25)22-16-6-4-15(21)5-7-16/h4-7,14,17H,3,8-13H2,1-2H3,(H,22,25)(H,23,26)/t14-/m0/s1. The number of rotatable bonds is 7. The Balaban J connectivity index is 1.67. The molecule has 1 fully saturated rings. The quantitative estimate of drug-likeness (QED) is 0.722. The smallest absolute Gasteiger partial charge is 0.409 e. The molecule has 2 N–H and O–H groups in total. The number of benzene rings is 1. The van der Waals surface area contributed by atoms with Gasteiger partial charge in [-0.1, -0.05) is 18.5 Å². The highest BCUT2D eigenvalue weighted by Gasteiger charge is 2.25. The van der Waals surface area contributed by atoms with E-state index < -0.39 is 0 Å². The first kappa shape index (κ1) is 22.0. The number of amides is 3. The fourth-order valence-corrected chi connectivity index (χ4v) is 3.28. The van der Waals surface area contributed by atoms with Crippen LogP contribution in [0.5, 0.6) is 0 Å². The van der Waals surface area contributed by atoms with E-state index in [0.717, 1.165) is 0 Å². The molecule has 28 heavy (non-hydrogen) atoms. The number of piperidine rings is 1. The van der Waals surface area contributed by atoms with E-state index in [9.17, 15) is 14.4 Å². The Labute approximate surface area is 170 Å². The third kappa shape index (κ3) is 7.38. The minimum atomic E-state index is -0.299. The van der Waals surface area contributed by atoms with Crippen LogP contribution in [0.2, 0.25) is 5.02 Å². The predicted octanol–water partition coefficient (Wildman–Crippen LogP) is 3.43. The van der Waals surface area contributed by atoms with Crippen LogP contribution >= 0.6 is 11.6 Å². The molecule has 8 heteroatoms. The maximum atomic E-state index is 12.3. The van der Waals surface area contributed by atoms with Crippen LogP contribution in [0.15, 0.2) is 24.3 Å². The lowest BCUT2D eigenvalue weighted by molar-refractivity contribution is -0.123. The van der Waals surface area contributed by atoms with Crippen LogP contribution < -0.4 is 10.6 Å². The molecule has 0 spiro atoms. The number of carbonyl (C=O) groups excluding carboxylic acids is 3. The Morgan fingerprint density at radius 2 is 1.75 bits per heavy atom. The van der Waals surface area contributed by atoms with Crippen molar-refractivity contribution >= 4 is 35.2 Å². The van der Waals surface area contributed by atoms with E-state index >= 15 is 0 Å². The van der Waals surface area contributed by atoms with Gasteiger partial charge >= 0.3 is 6.09 Å². The fourth-order valence-electron chi connectivity index (χ4n) is 3.16. The average molecular weight is 410 g/mol. The molecule has 0 radical (unpaired) electrons. The van der Waals surface area contributed by atoms with E-state index in [1.807, 2.05) is 6.92 Å². The van der Waals surface area contributed by atoms with Crippen LogP contribution in [0, 0.1) is 5.92 Å². The van der Waals surface area contributed by atoms with Gasteiger partial charge in [-0.2, -0.15) is 0 Å². The predicted molar refractivity (Wildman–Crippen MR) is 108 cm³/mol.